The molecule has 5 atom stereocenters. The zero-order valence-electron chi connectivity index (χ0n) is 12.0. The minimum absolute atomic E-state index is 0.138. The second-order valence-electron chi connectivity index (χ2n) is 6.29. The van der Waals surface area contributed by atoms with Crippen molar-refractivity contribution in [2.75, 3.05) is 5.88 Å². The number of halogens is 1. The van der Waals surface area contributed by atoms with E-state index in [1.54, 1.807) is 6.92 Å². The zero-order valence-corrected chi connectivity index (χ0v) is 12.7. The van der Waals surface area contributed by atoms with Crippen LogP contribution in [0.3, 0.4) is 0 Å². The predicted molar refractivity (Wildman–Crippen MR) is 76.7 cm³/mol. The molecule has 2 aliphatic heterocycles. The number of hydrogen-bond acceptors (Lipinski definition) is 4. The standard InChI is InChI=1S/C15H20ClNO4/c1-14-10(7-8-16)12(19)17-15(14,13(20)21-14)11(18)9-5-3-2-4-6-9/h3,5,9-11,18H,2,4,6-8H2,1H3,(H,17,19)/t9-,10+,11+,14-,15+/m1/s1. The molecule has 2 N–H and O–H groups in total. The monoisotopic (exact) mass is 313 g/mol. The molecule has 0 aromatic rings. The van der Waals surface area contributed by atoms with Gasteiger partial charge in [0.25, 0.3) is 0 Å². The van der Waals surface area contributed by atoms with Crippen molar-refractivity contribution in [1.29, 1.82) is 0 Å². The Kier molecular flexibility index (Phi) is 3.53. The van der Waals surface area contributed by atoms with Crippen molar-refractivity contribution in [3.63, 3.8) is 0 Å². The third kappa shape index (κ3) is 1.80. The van der Waals surface area contributed by atoms with Crippen molar-refractivity contribution in [2.24, 2.45) is 11.8 Å². The molecule has 0 unspecified atom stereocenters. The summed E-state index contributed by atoms with van der Waals surface area (Å²) >= 11 is 5.76. The number of alkyl halides is 1. The number of amides is 1. The maximum atomic E-state index is 12.2. The first-order chi connectivity index (χ1) is 9.97. The SMILES string of the molecule is C[C@]12OC(=O)[C@]1([C@@H](O)[C@@H]1C=CCCC1)NC(=O)[C@@H]2CCCl. The average molecular weight is 314 g/mol. The number of allylic oxidation sites excluding steroid dienone is 1. The summed E-state index contributed by atoms with van der Waals surface area (Å²) in [5.74, 6) is -1.14. The Balaban J connectivity index is 1.94. The van der Waals surface area contributed by atoms with E-state index in [0.717, 1.165) is 19.3 Å². The van der Waals surface area contributed by atoms with Gasteiger partial charge in [-0.05, 0) is 32.6 Å². The highest BCUT2D eigenvalue weighted by atomic mass is 35.5. The van der Waals surface area contributed by atoms with Crippen LogP contribution < -0.4 is 5.32 Å². The van der Waals surface area contributed by atoms with Gasteiger partial charge in [0.05, 0.1) is 12.0 Å². The molecular weight excluding hydrogens is 294 g/mol. The molecule has 2 fully saturated rings. The van der Waals surface area contributed by atoms with Crippen LogP contribution in [-0.2, 0) is 14.3 Å². The van der Waals surface area contributed by atoms with E-state index in [-0.39, 0.29) is 11.8 Å². The average Bonchev–Trinajstić information content (AvgIpc) is 2.65. The number of rotatable bonds is 4. The largest absolute Gasteiger partial charge is 0.453 e. The summed E-state index contributed by atoms with van der Waals surface area (Å²) < 4.78 is 5.34. The van der Waals surface area contributed by atoms with Crippen molar-refractivity contribution < 1.29 is 19.4 Å². The van der Waals surface area contributed by atoms with Crippen molar-refractivity contribution in [3.8, 4) is 0 Å². The molecule has 0 aromatic heterocycles. The molecular formula is C15H20ClNO4. The zero-order chi connectivity index (χ0) is 15.3. The minimum Gasteiger partial charge on any atom is -0.453 e. The molecule has 5 nitrogen and oxygen atoms in total. The van der Waals surface area contributed by atoms with Gasteiger partial charge in [0, 0.05) is 11.8 Å². The van der Waals surface area contributed by atoms with E-state index in [9.17, 15) is 14.7 Å². The summed E-state index contributed by atoms with van der Waals surface area (Å²) in [6.45, 7) is 1.72. The minimum atomic E-state index is -1.33. The molecule has 3 aliphatic rings. The van der Waals surface area contributed by atoms with Gasteiger partial charge in [-0.25, -0.2) is 4.79 Å². The van der Waals surface area contributed by atoms with Gasteiger partial charge in [0.2, 0.25) is 11.4 Å². The molecule has 1 aliphatic carbocycles. The third-order valence-corrected chi connectivity index (χ3v) is 5.47. The first-order valence-electron chi connectivity index (χ1n) is 7.43. The Bertz CT molecular complexity index is 508. The Morgan fingerprint density at radius 3 is 2.90 bits per heavy atom. The smallest absolute Gasteiger partial charge is 0.339 e. The number of ether oxygens (including phenoxy) is 1. The second-order valence-corrected chi connectivity index (χ2v) is 6.67. The molecule has 2 heterocycles. The van der Waals surface area contributed by atoms with Gasteiger partial charge in [-0.15, -0.1) is 11.6 Å². The van der Waals surface area contributed by atoms with E-state index in [2.05, 4.69) is 5.32 Å². The highest BCUT2D eigenvalue weighted by Gasteiger charge is 2.79. The van der Waals surface area contributed by atoms with Crippen molar-refractivity contribution in [2.45, 2.75) is 49.9 Å². The van der Waals surface area contributed by atoms with Crippen LogP contribution in [0, 0.1) is 11.8 Å². The van der Waals surface area contributed by atoms with Gasteiger partial charge in [-0.2, -0.15) is 0 Å². The fourth-order valence-electron chi connectivity index (χ4n) is 3.99. The number of aliphatic hydroxyl groups excluding tert-OH is 1. The number of carbonyl (C=O) groups is 2. The summed E-state index contributed by atoms with van der Waals surface area (Å²) in [7, 11) is 0. The van der Waals surface area contributed by atoms with Crippen LogP contribution in [-0.4, -0.2) is 40.1 Å². The van der Waals surface area contributed by atoms with E-state index in [1.165, 1.54) is 0 Å². The fourth-order valence-corrected chi connectivity index (χ4v) is 4.21. The molecule has 0 radical (unpaired) electrons. The van der Waals surface area contributed by atoms with E-state index in [0.29, 0.717) is 12.3 Å². The summed E-state index contributed by atoms with van der Waals surface area (Å²) in [5, 5.41) is 13.5. The highest BCUT2D eigenvalue weighted by Crippen LogP contribution is 2.53. The number of carbonyl (C=O) groups excluding carboxylic acids is 2. The van der Waals surface area contributed by atoms with Gasteiger partial charge in [-0.1, -0.05) is 12.2 Å². The van der Waals surface area contributed by atoms with Gasteiger partial charge < -0.3 is 15.2 Å². The lowest BCUT2D eigenvalue weighted by Gasteiger charge is -2.54. The van der Waals surface area contributed by atoms with E-state index >= 15 is 0 Å². The number of aliphatic hydroxyl groups is 1. The molecule has 2 saturated heterocycles. The van der Waals surface area contributed by atoms with Crippen LogP contribution in [0.4, 0.5) is 0 Å². The first-order valence-corrected chi connectivity index (χ1v) is 7.97. The summed E-state index contributed by atoms with van der Waals surface area (Å²) in [6, 6.07) is 0. The van der Waals surface area contributed by atoms with E-state index < -0.39 is 29.1 Å². The first kappa shape index (κ1) is 14.9. The number of esters is 1. The summed E-state index contributed by atoms with van der Waals surface area (Å²) in [4.78, 5) is 24.4. The molecule has 0 spiro atoms. The van der Waals surface area contributed by atoms with Crippen LogP contribution in [0.1, 0.15) is 32.6 Å². The van der Waals surface area contributed by atoms with Crippen molar-refractivity contribution in [1.82, 2.24) is 5.32 Å². The van der Waals surface area contributed by atoms with Crippen LogP contribution >= 0.6 is 11.6 Å². The normalized spacial score (nSPS) is 42.8. The van der Waals surface area contributed by atoms with Crippen LogP contribution in [0.15, 0.2) is 12.2 Å². The maximum Gasteiger partial charge on any atom is 0.339 e. The third-order valence-electron chi connectivity index (χ3n) is 5.25. The van der Waals surface area contributed by atoms with Crippen molar-refractivity contribution in [3.05, 3.63) is 12.2 Å². The Hall–Kier alpha value is -1.07. The lowest BCUT2D eigenvalue weighted by Crippen LogP contribution is -2.80. The molecule has 21 heavy (non-hydrogen) atoms. The van der Waals surface area contributed by atoms with E-state index in [1.807, 2.05) is 12.2 Å². The van der Waals surface area contributed by atoms with Crippen LogP contribution in [0.25, 0.3) is 0 Å². The van der Waals surface area contributed by atoms with Crippen LogP contribution in [0.2, 0.25) is 0 Å². The fraction of sp³-hybridized carbons (Fsp3) is 0.733. The van der Waals surface area contributed by atoms with Gasteiger partial charge in [0.1, 0.15) is 0 Å². The quantitative estimate of drug-likeness (QED) is 0.463. The second kappa shape index (κ2) is 4.99. The molecule has 0 bridgehead atoms. The Labute approximate surface area is 128 Å². The molecule has 0 saturated carbocycles. The predicted octanol–water partition coefficient (Wildman–Crippen LogP) is 1.13. The molecule has 116 valence electrons. The van der Waals surface area contributed by atoms with Crippen molar-refractivity contribution >= 4 is 23.5 Å². The summed E-state index contributed by atoms with van der Waals surface area (Å²) in [5.41, 5.74) is -2.34. The number of nitrogens with one attached hydrogen (secondary N) is 1. The topological polar surface area (TPSA) is 75.6 Å². The molecule has 3 rings (SSSR count). The van der Waals surface area contributed by atoms with Gasteiger partial charge >= 0.3 is 5.97 Å². The van der Waals surface area contributed by atoms with Gasteiger partial charge in [-0.3, -0.25) is 4.79 Å². The Morgan fingerprint density at radius 1 is 1.57 bits per heavy atom. The molecule has 1 amide bonds. The number of hydrogen-bond donors (Lipinski definition) is 2. The van der Waals surface area contributed by atoms with E-state index in [4.69, 9.17) is 16.3 Å². The number of fused-ring (bicyclic) bond motifs is 1. The lowest BCUT2D eigenvalue weighted by molar-refractivity contribution is -0.238. The lowest BCUT2D eigenvalue weighted by atomic mass is 9.64. The Morgan fingerprint density at radius 2 is 2.33 bits per heavy atom. The highest BCUT2D eigenvalue weighted by molar-refractivity contribution is 6.18. The van der Waals surface area contributed by atoms with Gasteiger partial charge in [0.15, 0.2) is 5.60 Å². The molecule has 6 heteroatoms. The summed E-state index contributed by atoms with van der Waals surface area (Å²) in [6.07, 6.45) is 6.17. The van der Waals surface area contributed by atoms with Crippen LogP contribution in [0.5, 0.6) is 0 Å². The molecule has 0 aromatic carbocycles. The maximum absolute atomic E-state index is 12.2.